The molecule has 128 valence electrons. The van der Waals surface area contributed by atoms with Crippen LogP contribution in [0.4, 0.5) is 0 Å². The lowest BCUT2D eigenvalue weighted by atomic mass is 10.4. The van der Waals surface area contributed by atoms with E-state index >= 15 is 0 Å². The van der Waals surface area contributed by atoms with Crippen molar-refractivity contribution in [2.45, 2.75) is 0 Å². The van der Waals surface area contributed by atoms with Crippen LogP contribution in [0, 0.1) is 0 Å². The fraction of sp³-hybridized carbons (Fsp3) is 0.857. The summed E-state index contributed by atoms with van der Waals surface area (Å²) in [4.78, 5) is 27.7. The maximum Gasteiger partial charge on any atom is 0.312 e. The summed E-state index contributed by atoms with van der Waals surface area (Å²) in [7, 11) is 3.11. The summed E-state index contributed by atoms with van der Waals surface area (Å²) in [5.41, 5.74) is 0. The van der Waals surface area contributed by atoms with E-state index < -0.39 is 11.8 Å². The number of carbonyl (C=O) groups is 2. The van der Waals surface area contributed by atoms with Gasteiger partial charge in [-0.15, -0.1) is 0 Å². The van der Waals surface area contributed by atoms with Crippen LogP contribution in [-0.4, -0.2) is 102 Å². The van der Waals surface area contributed by atoms with Gasteiger partial charge < -0.3 is 24.4 Å². The molecule has 2 amide bonds. The van der Waals surface area contributed by atoms with Crippen LogP contribution < -0.4 is 5.32 Å². The van der Waals surface area contributed by atoms with Gasteiger partial charge in [-0.2, -0.15) is 0 Å². The van der Waals surface area contributed by atoms with Crippen molar-refractivity contribution in [2.75, 3.05) is 79.9 Å². The Balaban J connectivity index is 2.31. The molecule has 8 nitrogen and oxygen atoms in total. The number of rotatable bonds is 9. The van der Waals surface area contributed by atoms with Crippen molar-refractivity contribution in [2.24, 2.45) is 0 Å². The van der Waals surface area contributed by atoms with E-state index in [4.69, 9.17) is 14.2 Å². The van der Waals surface area contributed by atoms with E-state index in [1.54, 1.807) is 14.2 Å². The Bertz CT molecular complexity index is 326. The van der Waals surface area contributed by atoms with Crippen molar-refractivity contribution in [3.63, 3.8) is 0 Å². The summed E-state index contributed by atoms with van der Waals surface area (Å²) < 4.78 is 15.2. The number of nitrogens with zero attached hydrogens (tertiary/aromatic N) is 2. The van der Waals surface area contributed by atoms with Crippen LogP contribution >= 0.6 is 0 Å². The predicted octanol–water partition coefficient (Wildman–Crippen LogP) is -1.44. The van der Waals surface area contributed by atoms with Gasteiger partial charge in [-0.25, -0.2) is 0 Å². The fourth-order valence-corrected chi connectivity index (χ4v) is 2.09. The number of hydrogen-bond acceptors (Lipinski definition) is 6. The molecule has 0 unspecified atom stereocenters. The molecule has 0 saturated carbocycles. The van der Waals surface area contributed by atoms with Crippen LogP contribution in [0.5, 0.6) is 0 Å². The Morgan fingerprint density at radius 2 is 1.73 bits per heavy atom. The summed E-state index contributed by atoms with van der Waals surface area (Å²) in [5.74, 6) is -1.13. The minimum absolute atomic E-state index is 0.371. The third-order valence-electron chi connectivity index (χ3n) is 3.43. The number of methoxy groups -OCH3 is 2. The highest BCUT2D eigenvalue weighted by Crippen LogP contribution is 1.95. The van der Waals surface area contributed by atoms with Crippen molar-refractivity contribution in [3.05, 3.63) is 0 Å². The molecule has 8 heteroatoms. The maximum atomic E-state index is 12.1. The van der Waals surface area contributed by atoms with E-state index in [1.165, 1.54) is 4.90 Å². The molecule has 0 atom stereocenters. The molecule has 0 bridgehead atoms. The summed E-state index contributed by atoms with van der Waals surface area (Å²) in [6.07, 6.45) is 0. The number of ether oxygens (including phenoxy) is 3. The van der Waals surface area contributed by atoms with E-state index in [1.807, 2.05) is 0 Å². The second-order valence-corrected chi connectivity index (χ2v) is 4.99. The maximum absolute atomic E-state index is 12.1. The molecule has 0 radical (unpaired) electrons. The average Bonchev–Trinajstić information content (AvgIpc) is 2.55. The van der Waals surface area contributed by atoms with Crippen LogP contribution in [-0.2, 0) is 23.8 Å². The predicted molar refractivity (Wildman–Crippen MR) is 80.6 cm³/mol. The molecule has 1 rings (SSSR count). The number of hydrogen-bond donors (Lipinski definition) is 1. The molecule has 1 saturated heterocycles. The fourth-order valence-electron chi connectivity index (χ4n) is 2.09. The minimum atomic E-state index is -0.583. The molecule has 22 heavy (non-hydrogen) atoms. The zero-order valence-electron chi connectivity index (χ0n) is 13.5. The van der Waals surface area contributed by atoms with Gasteiger partial charge in [0.05, 0.1) is 26.4 Å². The lowest BCUT2D eigenvalue weighted by Gasteiger charge is -2.26. The van der Waals surface area contributed by atoms with E-state index in [2.05, 4.69) is 10.2 Å². The summed E-state index contributed by atoms with van der Waals surface area (Å²) in [6, 6.07) is 0. The number of morpholine rings is 1. The smallest absolute Gasteiger partial charge is 0.312 e. The number of nitrogens with one attached hydrogen (secondary N) is 1. The van der Waals surface area contributed by atoms with Crippen molar-refractivity contribution in [1.29, 1.82) is 0 Å². The van der Waals surface area contributed by atoms with Crippen molar-refractivity contribution < 1.29 is 23.8 Å². The van der Waals surface area contributed by atoms with E-state index in [-0.39, 0.29) is 0 Å². The Labute approximate surface area is 131 Å². The van der Waals surface area contributed by atoms with Crippen LogP contribution in [0.2, 0.25) is 0 Å². The van der Waals surface area contributed by atoms with Gasteiger partial charge in [0.25, 0.3) is 0 Å². The van der Waals surface area contributed by atoms with Gasteiger partial charge in [-0.05, 0) is 0 Å². The molecular weight excluding hydrogens is 290 g/mol. The molecule has 1 N–H and O–H groups in total. The second kappa shape index (κ2) is 11.4. The Morgan fingerprint density at radius 1 is 1.14 bits per heavy atom. The summed E-state index contributed by atoms with van der Waals surface area (Å²) in [6.45, 7) is 5.84. The van der Waals surface area contributed by atoms with Crippen LogP contribution in [0.15, 0.2) is 0 Å². The normalized spacial score (nSPS) is 15.5. The van der Waals surface area contributed by atoms with Crippen molar-refractivity contribution in [1.82, 2.24) is 15.1 Å². The average molecular weight is 317 g/mol. The molecule has 0 aromatic rings. The molecule has 1 aliphatic rings. The Kier molecular flexibility index (Phi) is 9.72. The van der Waals surface area contributed by atoms with Crippen LogP contribution in [0.3, 0.4) is 0 Å². The summed E-state index contributed by atoms with van der Waals surface area (Å²) >= 11 is 0. The highest BCUT2D eigenvalue weighted by Gasteiger charge is 2.21. The molecule has 0 aromatic carbocycles. The zero-order chi connectivity index (χ0) is 16.2. The molecule has 0 aromatic heterocycles. The van der Waals surface area contributed by atoms with Crippen molar-refractivity contribution >= 4 is 11.8 Å². The van der Waals surface area contributed by atoms with Gasteiger partial charge in [0, 0.05) is 53.5 Å². The van der Waals surface area contributed by atoms with Gasteiger partial charge in [0.1, 0.15) is 0 Å². The SMILES string of the molecule is COCCN(CCOC)C(=O)C(=O)NCCN1CCOCC1. The van der Waals surface area contributed by atoms with E-state index in [0.29, 0.717) is 46.1 Å². The third kappa shape index (κ3) is 7.17. The first kappa shape index (κ1) is 18.8. The van der Waals surface area contributed by atoms with Gasteiger partial charge in [-0.3, -0.25) is 14.5 Å². The lowest BCUT2D eigenvalue weighted by molar-refractivity contribution is -0.146. The van der Waals surface area contributed by atoms with Gasteiger partial charge in [0.2, 0.25) is 0 Å². The molecule has 0 aliphatic carbocycles. The third-order valence-corrected chi connectivity index (χ3v) is 3.43. The molecule has 1 fully saturated rings. The quantitative estimate of drug-likeness (QED) is 0.525. The zero-order valence-corrected chi connectivity index (χ0v) is 13.5. The van der Waals surface area contributed by atoms with Gasteiger partial charge >= 0.3 is 11.8 Å². The Hall–Kier alpha value is -1.22. The standard InChI is InChI=1S/C14H27N3O5/c1-20-9-7-17(8-10-21-2)14(19)13(18)15-3-4-16-5-11-22-12-6-16/h3-12H2,1-2H3,(H,15,18). The topological polar surface area (TPSA) is 80.3 Å². The largest absolute Gasteiger partial charge is 0.383 e. The molecule has 1 aliphatic heterocycles. The Morgan fingerprint density at radius 3 is 2.27 bits per heavy atom. The molecule has 1 heterocycles. The van der Waals surface area contributed by atoms with Gasteiger partial charge in [0.15, 0.2) is 0 Å². The van der Waals surface area contributed by atoms with E-state index in [9.17, 15) is 9.59 Å². The summed E-state index contributed by atoms with van der Waals surface area (Å²) in [5, 5.41) is 2.67. The first-order valence-corrected chi connectivity index (χ1v) is 7.54. The number of amides is 2. The van der Waals surface area contributed by atoms with Crippen molar-refractivity contribution in [3.8, 4) is 0 Å². The monoisotopic (exact) mass is 317 g/mol. The highest BCUT2D eigenvalue weighted by molar-refractivity contribution is 6.35. The van der Waals surface area contributed by atoms with Gasteiger partial charge in [-0.1, -0.05) is 0 Å². The molecular formula is C14H27N3O5. The number of carbonyl (C=O) groups excluding carboxylic acids is 2. The first-order valence-electron chi connectivity index (χ1n) is 7.54. The minimum Gasteiger partial charge on any atom is -0.383 e. The van der Waals surface area contributed by atoms with Crippen LogP contribution in [0.25, 0.3) is 0 Å². The van der Waals surface area contributed by atoms with Crippen LogP contribution in [0.1, 0.15) is 0 Å². The lowest BCUT2D eigenvalue weighted by Crippen LogP contribution is -2.47. The molecule has 0 spiro atoms. The highest BCUT2D eigenvalue weighted by atomic mass is 16.5. The first-order chi connectivity index (χ1) is 10.7. The van der Waals surface area contributed by atoms with E-state index in [0.717, 1.165) is 19.6 Å². The second-order valence-electron chi connectivity index (χ2n) is 4.99.